The fraction of sp³-hybridized carbons (Fsp3) is 0.229. The van der Waals surface area contributed by atoms with Crippen molar-refractivity contribution in [2.24, 2.45) is 7.05 Å². The number of amides is 1. The van der Waals surface area contributed by atoms with Crippen molar-refractivity contribution in [3.05, 3.63) is 136 Å². The maximum absolute atomic E-state index is 14.1. The van der Waals surface area contributed by atoms with Gasteiger partial charge >= 0.3 is 0 Å². The van der Waals surface area contributed by atoms with Crippen LogP contribution in [0.25, 0.3) is 11.1 Å². The summed E-state index contributed by atoms with van der Waals surface area (Å²) in [6.07, 6.45) is 1.10. The quantitative estimate of drug-likeness (QED) is 0.0707. The van der Waals surface area contributed by atoms with Crippen LogP contribution in [0, 0.1) is 29.1 Å². The van der Waals surface area contributed by atoms with Gasteiger partial charge in [-0.2, -0.15) is 0 Å². The standard InChI is InChI=1S/C35H29F5N4O4S/c1-44-18-42-43-35(44)49-17-25-14-26(22-7-5-19(16-45)6-8-22)48-34(47-25)23-11-9-21(10-12-23)24-4-2-3-20(13-24)15-41-33(46)27-28(36)30(38)32(40)31(39)29(27)37/h2-13,18,25-26,34,45H,14-17H2,1H3,(H,41,46). The second-order valence-corrected chi connectivity index (χ2v) is 12.3. The van der Waals surface area contributed by atoms with E-state index in [9.17, 15) is 31.9 Å². The Labute approximate surface area is 281 Å². The van der Waals surface area contributed by atoms with E-state index in [0.717, 1.165) is 33.0 Å². The minimum absolute atomic E-state index is 0.0587. The zero-order valence-corrected chi connectivity index (χ0v) is 26.7. The van der Waals surface area contributed by atoms with Gasteiger partial charge in [0.1, 0.15) is 11.9 Å². The van der Waals surface area contributed by atoms with Gasteiger partial charge in [-0.05, 0) is 33.9 Å². The van der Waals surface area contributed by atoms with E-state index in [1.807, 2.05) is 66.2 Å². The summed E-state index contributed by atoms with van der Waals surface area (Å²) in [6, 6.07) is 22.0. The Hall–Kier alpha value is -4.63. The molecule has 0 bridgehead atoms. The summed E-state index contributed by atoms with van der Waals surface area (Å²) in [5.41, 5.74) is 3.06. The molecule has 5 aromatic rings. The van der Waals surface area contributed by atoms with Crippen LogP contribution in [0.5, 0.6) is 0 Å². The van der Waals surface area contributed by atoms with E-state index in [0.29, 0.717) is 17.7 Å². The van der Waals surface area contributed by atoms with Crippen molar-refractivity contribution in [1.82, 2.24) is 20.1 Å². The van der Waals surface area contributed by atoms with Crippen LogP contribution in [-0.2, 0) is 29.7 Å². The highest BCUT2D eigenvalue weighted by atomic mass is 32.2. The molecule has 0 spiro atoms. The molecule has 0 saturated carbocycles. The fourth-order valence-electron chi connectivity index (χ4n) is 5.36. The average molecular weight is 697 g/mol. The molecule has 4 aromatic carbocycles. The van der Waals surface area contributed by atoms with Gasteiger partial charge in [0.15, 0.2) is 34.7 Å². The third-order valence-electron chi connectivity index (χ3n) is 8.02. The van der Waals surface area contributed by atoms with Crippen LogP contribution in [0.1, 0.15) is 51.4 Å². The Kier molecular flexibility index (Phi) is 10.4. The van der Waals surface area contributed by atoms with Gasteiger partial charge in [-0.1, -0.05) is 78.5 Å². The SMILES string of the molecule is Cn1cnnc1SCC1CC(c2ccc(CO)cc2)OC(c2ccc(-c3cccc(CNC(=O)c4c(F)c(F)c(F)c(F)c4F)c3)cc2)O1. The molecular weight excluding hydrogens is 667 g/mol. The highest BCUT2D eigenvalue weighted by molar-refractivity contribution is 7.99. The van der Waals surface area contributed by atoms with E-state index in [-0.39, 0.29) is 25.4 Å². The van der Waals surface area contributed by atoms with E-state index in [1.165, 1.54) is 11.8 Å². The van der Waals surface area contributed by atoms with Crippen LogP contribution in [0.2, 0.25) is 0 Å². The van der Waals surface area contributed by atoms with Crippen molar-refractivity contribution in [2.45, 2.75) is 43.2 Å². The van der Waals surface area contributed by atoms with E-state index in [4.69, 9.17) is 9.47 Å². The van der Waals surface area contributed by atoms with Crippen LogP contribution < -0.4 is 5.32 Å². The third-order valence-corrected chi connectivity index (χ3v) is 9.18. The molecule has 49 heavy (non-hydrogen) atoms. The Bertz CT molecular complexity index is 1930. The molecule has 1 aliphatic rings. The summed E-state index contributed by atoms with van der Waals surface area (Å²) >= 11 is 1.53. The maximum Gasteiger partial charge on any atom is 0.257 e. The van der Waals surface area contributed by atoms with Crippen LogP contribution in [0.15, 0.2) is 84.3 Å². The van der Waals surface area contributed by atoms with Gasteiger partial charge in [-0.25, -0.2) is 22.0 Å². The summed E-state index contributed by atoms with van der Waals surface area (Å²) in [5, 5.41) is 20.5. The second-order valence-electron chi connectivity index (χ2n) is 11.3. The smallest absolute Gasteiger partial charge is 0.257 e. The van der Waals surface area contributed by atoms with E-state index in [2.05, 4.69) is 15.5 Å². The van der Waals surface area contributed by atoms with Gasteiger partial charge in [-0.15, -0.1) is 10.2 Å². The molecule has 14 heteroatoms. The van der Waals surface area contributed by atoms with E-state index in [1.54, 1.807) is 24.5 Å². The van der Waals surface area contributed by atoms with Gasteiger partial charge in [-0.3, -0.25) is 4.79 Å². The number of thioether (sulfide) groups is 1. The molecule has 6 rings (SSSR count). The number of aryl methyl sites for hydroxylation is 1. The predicted molar refractivity (Wildman–Crippen MR) is 169 cm³/mol. The summed E-state index contributed by atoms with van der Waals surface area (Å²) in [6.45, 7) is -0.292. The molecule has 3 unspecified atom stereocenters. The fourth-order valence-corrected chi connectivity index (χ4v) is 6.27. The Morgan fingerprint density at radius 3 is 2.20 bits per heavy atom. The molecule has 8 nitrogen and oxygen atoms in total. The first-order valence-electron chi connectivity index (χ1n) is 15.1. The van der Waals surface area contributed by atoms with Crippen LogP contribution >= 0.6 is 11.8 Å². The number of benzene rings is 4. The van der Waals surface area contributed by atoms with Crippen LogP contribution in [0.4, 0.5) is 22.0 Å². The number of aromatic nitrogens is 3. The third kappa shape index (κ3) is 7.52. The van der Waals surface area contributed by atoms with Gasteiger partial charge in [0.2, 0.25) is 5.82 Å². The highest BCUT2D eigenvalue weighted by Crippen LogP contribution is 2.39. The lowest BCUT2D eigenvalue weighted by Gasteiger charge is -2.36. The van der Waals surface area contributed by atoms with Crippen molar-refractivity contribution in [2.75, 3.05) is 5.75 Å². The summed E-state index contributed by atoms with van der Waals surface area (Å²) in [5.74, 6) is -11.9. The summed E-state index contributed by atoms with van der Waals surface area (Å²) < 4.78 is 83.4. The lowest BCUT2D eigenvalue weighted by molar-refractivity contribution is -0.245. The number of carbonyl (C=O) groups is 1. The zero-order chi connectivity index (χ0) is 34.7. The van der Waals surface area contributed by atoms with Crippen molar-refractivity contribution >= 4 is 17.7 Å². The first kappa shape index (κ1) is 34.2. The molecule has 2 heterocycles. The highest BCUT2D eigenvalue weighted by Gasteiger charge is 2.33. The van der Waals surface area contributed by atoms with E-state index < -0.39 is 46.8 Å². The predicted octanol–water partition coefficient (Wildman–Crippen LogP) is 6.94. The minimum Gasteiger partial charge on any atom is -0.392 e. The zero-order valence-electron chi connectivity index (χ0n) is 25.9. The van der Waals surface area contributed by atoms with E-state index >= 15 is 0 Å². The monoisotopic (exact) mass is 696 g/mol. The number of rotatable bonds is 10. The first-order chi connectivity index (χ1) is 23.6. The molecular formula is C35H29F5N4O4S. The number of aliphatic hydroxyl groups is 1. The summed E-state index contributed by atoms with van der Waals surface area (Å²) in [4.78, 5) is 12.4. The Morgan fingerprint density at radius 1 is 0.878 bits per heavy atom. The number of aliphatic hydroxyl groups excluding tert-OH is 1. The van der Waals surface area contributed by atoms with Crippen LogP contribution in [0.3, 0.4) is 0 Å². The molecule has 2 N–H and O–H groups in total. The van der Waals surface area contributed by atoms with Gasteiger partial charge in [0.05, 0.1) is 18.8 Å². The molecule has 0 aliphatic carbocycles. The lowest BCUT2D eigenvalue weighted by Crippen LogP contribution is -2.31. The number of nitrogens with one attached hydrogen (secondary N) is 1. The Balaban J connectivity index is 1.16. The van der Waals surface area contributed by atoms with Crippen molar-refractivity contribution in [3.63, 3.8) is 0 Å². The van der Waals surface area contributed by atoms with Crippen molar-refractivity contribution in [3.8, 4) is 11.1 Å². The minimum atomic E-state index is -2.34. The molecule has 254 valence electrons. The molecule has 1 saturated heterocycles. The number of halogens is 5. The lowest BCUT2D eigenvalue weighted by atomic mass is 9.99. The number of carbonyl (C=O) groups excluding carboxylic acids is 1. The normalized spacial score (nSPS) is 17.7. The van der Waals surface area contributed by atoms with Gasteiger partial charge in [0.25, 0.3) is 5.91 Å². The van der Waals surface area contributed by atoms with Gasteiger partial charge in [0, 0.05) is 31.3 Å². The summed E-state index contributed by atoms with van der Waals surface area (Å²) in [7, 11) is 1.87. The van der Waals surface area contributed by atoms with Crippen molar-refractivity contribution in [1.29, 1.82) is 0 Å². The van der Waals surface area contributed by atoms with Crippen LogP contribution in [-0.4, -0.2) is 37.6 Å². The molecule has 1 amide bonds. The second kappa shape index (κ2) is 14.9. The maximum atomic E-state index is 14.1. The molecule has 0 radical (unpaired) electrons. The first-order valence-corrected chi connectivity index (χ1v) is 16.1. The molecule has 3 atom stereocenters. The molecule has 1 aliphatic heterocycles. The number of nitrogens with zero attached hydrogens (tertiary/aromatic N) is 3. The topological polar surface area (TPSA) is 98.5 Å². The number of hydrogen-bond acceptors (Lipinski definition) is 7. The Morgan fingerprint density at radius 2 is 1.55 bits per heavy atom. The van der Waals surface area contributed by atoms with Gasteiger partial charge < -0.3 is 24.5 Å². The number of hydrogen-bond donors (Lipinski definition) is 2. The van der Waals surface area contributed by atoms with Crippen molar-refractivity contribution < 1.29 is 41.3 Å². The molecule has 1 aromatic heterocycles. The molecule has 1 fully saturated rings. The average Bonchev–Trinajstić information content (AvgIpc) is 3.55. The number of ether oxygens (including phenoxy) is 2. The largest absolute Gasteiger partial charge is 0.392 e.